The summed E-state index contributed by atoms with van der Waals surface area (Å²) in [5.41, 5.74) is 0. The topological polar surface area (TPSA) is 90.0 Å². The summed E-state index contributed by atoms with van der Waals surface area (Å²) in [4.78, 5) is 36.0. The lowest BCUT2D eigenvalue weighted by Gasteiger charge is -2.29. The number of hydrogen-bond acceptors (Lipinski definition) is 4. The van der Waals surface area contributed by atoms with Crippen LogP contribution < -0.4 is 5.32 Å². The van der Waals surface area contributed by atoms with Crippen LogP contribution in [0.4, 0.5) is 4.79 Å². The molecule has 18 heavy (non-hydrogen) atoms. The van der Waals surface area contributed by atoms with Gasteiger partial charge in [-0.15, -0.1) is 0 Å². The predicted octanol–water partition coefficient (Wildman–Crippen LogP) is -0.260. The van der Waals surface area contributed by atoms with E-state index >= 15 is 0 Å². The smallest absolute Gasteiger partial charge is 0.344 e. The van der Waals surface area contributed by atoms with Gasteiger partial charge in [0.15, 0.2) is 5.78 Å². The van der Waals surface area contributed by atoms with Gasteiger partial charge in [0.1, 0.15) is 6.04 Å². The van der Waals surface area contributed by atoms with Crippen molar-refractivity contribution in [2.45, 2.75) is 38.3 Å². The van der Waals surface area contributed by atoms with Crippen LogP contribution in [-0.2, 0) is 9.59 Å². The number of nitrogens with one attached hydrogen (secondary N) is 1. The van der Waals surface area contributed by atoms with E-state index in [1.165, 1.54) is 4.90 Å². The molecule has 2 saturated heterocycles. The van der Waals surface area contributed by atoms with E-state index in [0.29, 0.717) is 30.9 Å². The zero-order chi connectivity index (χ0) is 13.3. The summed E-state index contributed by atoms with van der Waals surface area (Å²) in [5.74, 6) is -0.368. The third-order valence-corrected chi connectivity index (χ3v) is 3.50. The Morgan fingerprint density at radius 3 is 2.83 bits per heavy atom. The molecule has 2 N–H and O–H groups in total. The van der Waals surface area contributed by atoms with Crippen molar-refractivity contribution in [2.75, 3.05) is 13.1 Å². The molecule has 2 heterocycles. The zero-order valence-electron chi connectivity index (χ0n) is 10.3. The van der Waals surface area contributed by atoms with Gasteiger partial charge >= 0.3 is 6.03 Å². The maximum absolute atomic E-state index is 11.9. The molecule has 0 aromatic heterocycles. The van der Waals surface area contributed by atoms with Crippen LogP contribution in [0.5, 0.6) is 0 Å². The fraction of sp³-hybridized carbons (Fsp3) is 0.727. The average molecular weight is 255 g/mol. The SMILES string of the molecule is CCC(=O)CNC(=O)[C@@H]1CC[C@@H]2CN1C(=O)N2O. The summed E-state index contributed by atoms with van der Waals surface area (Å²) in [6.45, 7) is 2.10. The molecule has 7 heteroatoms. The molecule has 0 spiro atoms. The monoisotopic (exact) mass is 255 g/mol. The van der Waals surface area contributed by atoms with Gasteiger partial charge < -0.3 is 10.2 Å². The van der Waals surface area contributed by atoms with Crippen LogP contribution in [0.25, 0.3) is 0 Å². The van der Waals surface area contributed by atoms with Crippen molar-refractivity contribution in [3.63, 3.8) is 0 Å². The van der Waals surface area contributed by atoms with Crippen LogP contribution in [0, 0.1) is 0 Å². The minimum atomic E-state index is -0.574. The first kappa shape index (κ1) is 12.8. The third kappa shape index (κ3) is 2.17. The molecule has 3 amide bonds. The van der Waals surface area contributed by atoms with E-state index in [4.69, 9.17) is 0 Å². The van der Waals surface area contributed by atoms with Crippen molar-refractivity contribution in [1.82, 2.24) is 15.3 Å². The molecular weight excluding hydrogens is 238 g/mol. The second kappa shape index (κ2) is 4.93. The summed E-state index contributed by atoms with van der Waals surface area (Å²) in [7, 11) is 0. The molecule has 2 fully saturated rings. The van der Waals surface area contributed by atoms with E-state index in [1.807, 2.05) is 0 Å². The van der Waals surface area contributed by atoms with E-state index in [-0.39, 0.29) is 24.3 Å². The molecule has 100 valence electrons. The molecule has 2 aliphatic rings. The number of nitrogens with zero attached hydrogens (tertiary/aromatic N) is 2. The number of hydroxylamine groups is 2. The third-order valence-electron chi connectivity index (χ3n) is 3.50. The van der Waals surface area contributed by atoms with Gasteiger partial charge in [-0.3, -0.25) is 14.8 Å². The summed E-state index contributed by atoms with van der Waals surface area (Å²) in [5, 5.41) is 12.7. The van der Waals surface area contributed by atoms with Crippen LogP contribution in [0.15, 0.2) is 0 Å². The Hall–Kier alpha value is -1.63. The highest BCUT2D eigenvalue weighted by Gasteiger charge is 2.46. The highest BCUT2D eigenvalue weighted by molar-refractivity contribution is 5.91. The molecule has 0 unspecified atom stereocenters. The average Bonchev–Trinajstić information content (AvgIpc) is 2.61. The Labute approximate surface area is 105 Å². The van der Waals surface area contributed by atoms with Crippen molar-refractivity contribution in [1.29, 1.82) is 0 Å². The second-order valence-electron chi connectivity index (χ2n) is 4.64. The van der Waals surface area contributed by atoms with Gasteiger partial charge in [0.2, 0.25) is 5.91 Å². The normalized spacial score (nSPS) is 26.4. The first-order valence-electron chi connectivity index (χ1n) is 6.12. The summed E-state index contributed by atoms with van der Waals surface area (Å²) >= 11 is 0. The van der Waals surface area contributed by atoms with Gasteiger partial charge in [0.05, 0.1) is 12.6 Å². The number of amides is 3. The molecule has 2 atom stereocenters. The summed E-state index contributed by atoms with van der Waals surface area (Å²) in [6.07, 6.45) is 1.48. The lowest BCUT2D eigenvalue weighted by atomic mass is 10.0. The van der Waals surface area contributed by atoms with Gasteiger partial charge in [-0.25, -0.2) is 9.86 Å². The van der Waals surface area contributed by atoms with Gasteiger partial charge in [0.25, 0.3) is 0 Å². The maximum atomic E-state index is 11.9. The Morgan fingerprint density at radius 2 is 2.17 bits per heavy atom. The molecular formula is C11H17N3O4. The largest absolute Gasteiger partial charge is 0.347 e. The van der Waals surface area contributed by atoms with Crippen LogP contribution in [0.1, 0.15) is 26.2 Å². The number of piperidine rings is 1. The number of hydrogen-bond donors (Lipinski definition) is 2. The Balaban J connectivity index is 1.95. The first-order chi connectivity index (χ1) is 8.54. The lowest BCUT2D eigenvalue weighted by Crippen LogP contribution is -2.50. The van der Waals surface area contributed by atoms with E-state index in [2.05, 4.69) is 5.32 Å². The molecule has 0 aromatic carbocycles. The number of urea groups is 1. The van der Waals surface area contributed by atoms with Crippen molar-refractivity contribution < 1.29 is 19.6 Å². The first-order valence-corrected chi connectivity index (χ1v) is 6.12. The van der Waals surface area contributed by atoms with Crippen molar-refractivity contribution in [3.05, 3.63) is 0 Å². The van der Waals surface area contributed by atoms with Gasteiger partial charge in [-0.05, 0) is 12.8 Å². The van der Waals surface area contributed by atoms with Crippen LogP contribution in [0.2, 0.25) is 0 Å². The number of fused-ring (bicyclic) bond motifs is 2. The van der Waals surface area contributed by atoms with E-state index < -0.39 is 12.1 Å². The molecule has 7 nitrogen and oxygen atoms in total. The van der Waals surface area contributed by atoms with Gasteiger partial charge in [-0.2, -0.15) is 0 Å². The maximum Gasteiger partial charge on any atom is 0.344 e. The van der Waals surface area contributed by atoms with Gasteiger partial charge in [-0.1, -0.05) is 6.92 Å². The molecule has 0 saturated carbocycles. The van der Waals surface area contributed by atoms with Crippen molar-refractivity contribution in [3.8, 4) is 0 Å². The number of rotatable bonds is 4. The molecule has 0 radical (unpaired) electrons. The molecule has 2 aliphatic heterocycles. The minimum absolute atomic E-state index is 0.000131. The lowest BCUT2D eigenvalue weighted by molar-refractivity contribution is -0.128. The standard InChI is InChI=1S/C11H17N3O4/c1-2-8(15)5-12-10(16)9-4-3-7-6-13(9)11(17)14(7)18/h7,9,18H,2-6H2,1H3,(H,12,16)/t7-,9+/m1/s1. The number of ketones is 1. The van der Waals surface area contributed by atoms with E-state index in [0.717, 1.165) is 0 Å². The molecule has 2 rings (SSSR count). The van der Waals surface area contributed by atoms with Gasteiger partial charge in [0, 0.05) is 13.0 Å². The van der Waals surface area contributed by atoms with Crippen LogP contribution in [-0.4, -0.2) is 58.1 Å². The Bertz CT molecular complexity index is 384. The van der Waals surface area contributed by atoms with E-state index in [1.54, 1.807) is 6.92 Å². The highest BCUT2D eigenvalue weighted by Crippen LogP contribution is 2.28. The van der Waals surface area contributed by atoms with Crippen LogP contribution >= 0.6 is 0 Å². The highest BCUT2D eigenvalue weighted by atomic mass is 16.5. The second-order valence-corrected chi connectivity index (χ2v) is 4.64. The van der Waals surface area contributed by atoms with Crippen molar-refractivity contribution in [2.24, 2.45) is 0 Å². The number of Topliss-reactive ketones (excluding diaryl/α,β-unsaturated/α-hetero) is 1. The molecule has 0 aromatic rings. The Morgan fingerprint density at radius 1 is 1.44 bits per heavy atom. The van der Waals surface area contributed by atoms with E-state index in [9.17, 15) is 19.6 Å². The Kier molecular flexibility index (Phi) is 3.51. The predicted molar refractivity (Wildman–Crippen MR) is 60.8 cm³/mol. The summed E-state index contributed by atoms with van der Waals surface area (Å²) < 4.78 is 0. The fourth-order valence-corrected chi connectivity index (χ4v) is 2.35. The zero-order valence-corrected chi connectivity index (χ0v) is 10.3. The quantitative estimate of drug-likeness (QED) is 0.677. The molecule has 0 aliphatic carbocycles. The van der Waals surface area contributed by atoms with Crippen LogP contribution in [0.3, 0.4) is 0 Å². The van der Waals surface area contributed by atoms with Crippen molar-refractivity contribution >= 4 is 17.7 Å². The number of carbonyl (C=O) groups excluding carboxylic acids is 3. The molecule has 2 bridgehead atoms. The summed E-state index contributed by atoms with van der Waals surface area (Å²) in [6, 6.07) is -1.31. The number of carbonyl (C=O) groups is 3. The fourth-order valence-electron chi connectivity index (χ4n) is 2.35. The minimum Gasteiger partial charge on any atom is -0.347 e.